The lowest BCUT2D eigenvalue weighted by Crippen LogP contribution is -2.19. The van der Waals surface area contributed by atoms with Gasteiger partial charge in [0.05, 0.1) is 12.5 Å². The molecule has 1 aliphatic heterocycles. The van der Waals surface area contributed by atoms with Gasteiger partial charge in [-0.05, 0) is 49.9 Å². The molecule has 1 saturated heterocycles. The predicted molar refractivity (Wildman–Crippen MR) is 76.0 cm³/mol. The number of aryl methyl sites for hydroxylation is 1. The van der Waals surface area contributed by atoms with E-state index in [0.29, 0.717) is 13.0 Å². The lowest BCUT2D eigenvalue weighted by atomic mass is 10.1. The Balaban J connectivity index is 1.85. The van der Waals surface area contributed by atoms with Crippen molar-refractivity contribution in [3.63, 3.8) is 0 Å². The third-order valence-electron chi connectivity index (χ3n) is 3.32. The zero-order valence-electron chi connectivity index (χ0n) is 11.2. The highest BCUT2D eigenvalue weighted by Gasteiger charge is 2.18. The zero-order valence-corrected chi connectivity index (χ0v) is 11.2. The van der Waals surface area contributed by atoms with E-state index in [-0.39, 0.29) is 12.0 Å². The normalized spacial score (nSPS) is 18.5. The average Bonchev–Trinajstić information content (AvgIpc) is 2.89. The number of amides is 1. The topological polar surface area (TPSA) is 64.3 Å². The summed E-state index contributed by atoms with van der Waals surface area (Å²) in [5.74, 6) is 0.0304. The van der Waals surface area contributed by atoms with Crippen LogP contribution in [0.25, 0.3) is 0 Å². The summed E-state index contributed by atoms with van der Waals surface area (Å²) in [7, 11) is 0. The van der Waals surface area contributed by atoms with Gasteiger partial charge < -0.3 is 15.8 Å². The van der Waals surface area contributed by atoms with Crippen molar-refractivity contribution in [2.24, 2.45) is 5.73 Å². The third kappa shape index (κ3) is 4.65. The highest BCUT2D eigenvalue weighted by atomic mass is 16.5. The van der Waals surface area contributed by atoms with E-state index >= 15 is 0 Å². The van der Waals surface area contributed by atoms with Crippen LogP contribution in [-0.2, 0) is 16.0 Å². The van der Waals surface area contributed by atoms with Gasteiger partial charge in [0.2, 0.25) is 5.91 Å². The van der Waals surface area contributed by atoms with Crippen LogP contribution in [0.15, 0.2) is 24.3 Å². The molecule has 1 atom stereocenters. The quantitative estimate of drug-likeness (QED) is 0.825. The Morgan fingerprint density at radius 3 is 3.11 bits per heavy atom. The predicted octanol–water partition coefficient (Wildman–Crippen LogP) is 2.09. The number of hydrogen-bond donors (Lipinski definition) is 2. The van der Waals surface area contributed by atoms with Crippen molar-refractivity contribution in [2.45, 2.75) is 38.2 Å². The van der Waals surface area contributed by atoms with Crippen LogP contribution >= 0.6 is 0 Å². The van der Waals surface area contributed by atoms with E-state index in [1.807, 2.05) is 18.2 Å². The maximum atomic E-state index is 11.9. The molecule has 4 heteroatoms. The standard InChI is InChI=1S/C15H22N2O2/c16-8-2-5-12-4-1-6-13(10-12)17-15(18)11-14-7-3-9-19-14/h1,4,6,10,14H,2-3,5,7-9,11,16H2,(H,17,18). The Morgan fingerprint density at radius 2 is 2.37 bits per heavy atom. The molecule has 1 aromatic carbocycles. The molecule has 0 aliphatic carbocycles. The molecule has 0 spiro atoms. The molecule has 19 heavy (non-hydrogen) atoms. The first-order valence-electron chi connectivity index (χ1n) is 6.98. The molecule has 1 heterocycles. The van der Waals surface area contributed by atoms with Gasteiger partial charge in [-0.2, -0.15) is 0 Å². The molecule has 0 radical (unpaired) electrons. The van der Waals surface area contributed by atoms with Gasteiger partial charge >= 0.3 is 0 Å². The van der Waals surface area contributed by atoms with Gasteiger partial charge in [-0.15, -0.1) is 0 Å². The van der Waals surface area contributed by atoms with Gasteiger partial charge in [0.1, 0.15) is 0 Å². The van der Waals surface area contributed by atoms with Gasteiger partial charge in [-0.3, -0.25) is 4.79 Å². The van der Waals surface area contributed by atoms with E-state index in [1.54, 1.807) is 0 Å². The summed E-state index contributed by atoms with van der Waals surface area (Å²) in [5, 5.41) is 2.94. The van der Waals surface area contributed by atoms with Crippen molar-refractivity contribution < 1.29 is 9.53 Å². The van der Waals surface area contributed by atoms with Gasteiger partial charge in [0.15, 0.2) is 0 Å². The number of ether oxygens (including phenoxy) is 1. The first-order valence-corrected chi connectivity index (χ1v) is 6.98. The van der Waals surface area contributed by atoms with E-state index in [1.165, 1.54) is 5.56 Å². The summed E-state index contributed by atoms with van der Waals surface area (Å²) < 4.78 is 5.46. The summed E-state index contributed by atoms with van der Waals surface area (Å²) >= 11 is 0. The van der Waals surface area contributed by atoms with Crippen LogP contribution in [-0.4, -0.2) is 25.2 Å². The SMILES string of the molecule is NCCCc1cccc(NC(=O)CC2CCCO2)c1. The van der Waals surface area contributed by atoms with Crippen molar-refractivity contribution >= 4 is 11.6 Å². The molecule has 0 saturated carbocycles. The number of carbonyl (C=O) groups is 1. The number of nitrogens with one attached hydrogen (secondary N) is 1. The number of nitrogens with two attached hydrogens (primary N) is 1. The van der Waals surface area contributed by atoms with Crippen LogP contribution in [0.1, 0.15) is 31.2 Å². The largest absolute Gasteiger partial charge is 0.378 e. The van der Waals surface area contributed by atoms with Crippen LogP contribution in [0.3, 0.4) is 0 Å². The highest BCUT2D eigenvalue weighted by molar-refractivity contribution is 5.91. The molecule has 0 aromatic heterocycles. The van der Waals surface area contributed by atoms with Crippen molar-refractivity contribution in [1.82, 2.24) is 0 Å². The molecule has 3 N–H and O–H groups in total. The Kier molecular flexibility index (Phi) is 5.36. The maximum Gasteiger partial charge on any atom is 0.226 e. The van der Waals surface area contributed by atoms with Crippen LogP contribution in [0.4, 0.5) is 5.69 Å². The van der Waals surface area contributed by atoms with Crippen molar-refractivity contribution in [3.8, 4) is 0 Å². The molecular weight excluding hydrogens is 240 g/mol. The molecule has 2 rings (SSSR count). The van der Waals surface area contributed by atoms with Crippen LogP contribution in [0.5, 0.6) is 0 Å². The monoisotopic (exact) mass is 262 g/mol. The van der Waals surface area contributed by atoms with E-state index in [4.69, 9.17) is 10.5 Å². The molecule has 0 bridgehead atoms. The minimum absolute atomic E-state index is 0.0304. The molecular formula is C15H22N2O2. The van der Waals surface area contributed by atoms with Crippen LogP contribution < -0.4 is 11.1 Å². The van der Waals surface area contributed by atoms with E-state index in [2.05, 4.69) is 11.4 Å². The second-order valence-corrected chi connectivity index (χ2v) is 4.98. The molecule has 1 unspecified atom stereocenters. The molecule has 1 fully saturated rings. The summed E-state index contributed by atoms with van der Waals surface area (Å²) in [6.07, 6.45) is 4.52. The fourth-order valence-electron chi connectivity index (χ4n) is 2.33. The van der Waals surface area contributed by atoms with E-state index in [0.717, 1.165) is 38.0 Å². The third-order valence-corrected chi connectivity index (χ3v) is 3.32. The van der Waals surface area contributed by atoms with Gasteiger partial charge in [0, 0.05) is 12.3 Å². The van der Waals surface area contributed by atoms with Gasteiger partial charge in [0.25, 0.3) is 0 Å². The zero-order chi connectivity index (χ0) is 13.5. The van der Waals surface area contributed by atoms with Crippen molar-refractivity contribution in [3.05, 3.63) is 29.8 Å². The molecule has 1 amide bonds. The Labute approximate surface area is 114 Å². The summed E-state index contributed by atoms with van der Waals surface area (Å²) in [4.78, 5) is 11.9. The van der Waals surface area contributed by atoms with Gasteiger partial charge in [-0.25, -0.2) is 0 Å². The molecule has 1 aromatic rings. The number of anilines is 1. The first-order chi connectivity index (χ1) is 9.28. The minimum Gasteiger partial charge on any atom is -0.378 e. The second kappa shape index (κ2) is 7.26. The molecule has 1 aliphatic rings. The lowest BCUT2D eigenvalue weighted by Gasteiger charge is -2.10. The van der Waals surface area contributed by atoms with Crippen molar-refractivity contribution in [1.29, 1.82) is 0 Å². The average molecular weight is 262 g/mol. The number of hydrogen-bond acceptors (Lipinski definition) is 3. The van der Waals surface area contributed by atoms with Crippen molar-refractivity contribution in [2.75, 3.05) is 18.5 Å². The number of rotatable bonds is 6. The summed E-state index contributed by atoms with van der Waals surface area (Å²) in [5.41, 5.74) is 7.57. The Morgan fingerprint density at radius 1 is 1.47 bits per heavy atom. The minimum atomic E-state index is 0.0304. The number of carbonyl (C=O) groups excluding carboxylic acids is 1. The Bertz CT molecular complexity index is 414. The lowest BCUT2D eigenvalue weighted by molar-refractivity contribution is -0.118. The fraction of sp³-hybridized carbons (Fsp3) is 0.533. The molecule has 104 valence electrons. The fourth-order valence-corrected chi connectivity index (χ4v) is 2.33. The van der Waals surface area contributed by atoms with Crippen LogP contribution in [0.2, 0.25) is 0 Å². The maximum absolute atomic E-state index is 11.9. The van der Waals surface area contributed by atoms with Gasteiger partial charge in [-0.1, -0.05) is 12.1 Å². The van der Waals surface area contributed by atoms with E-state index in [9.17, 15) is 4.79 Å². The number of benzene rings is 1. The van der Waals surface area contributed by atoms with Crippen LogP contribution in [0, 0.1) is 0 Å². The molecule has 4 nitrogen and oxygen atoms in total. The smallest absolute Gasteiger partial charge is 0.226 e. The summed E-state index contributed by atoms with van der Waals surface area (Å²) in [6.45, 7) is 1.47. The summed E-state index contributed by atoms with van der Waals surface area (Å²) in [6, 6.07) is 7.96. The van der Waals surface area contributed by atoms with E-state index < -0.39 is 0 Å². The second-order valence-electron chi connectivity index (χ2n) is 4.98. The first kappa shape index (κ1) is 14.0. The Hall–Kier alpha value is -1.39. The highest BCUT2D eigenvalue weighted by Crippen LogP contribution is 2.17.